The number of alkyl halides is 1. The number of aromatic nitrogens is 3. The Morgan fingerprint density at radius 1 is 1.29 bits per heavy atom. The molecule has 1 fully saturated rings. The summed E-state index contributed by atoms with van der Waals surface area (Å²) in [5.41, 5.74) is 2.68. The molecule has 0 amide bonds. The molecule has 1 saturated carbocycles. The van der Waals surface area contributed by atoms with Crippen molar-refractivity contribution in [3.63, 3.8) is 0 Å². The number of ether oxygens (including phenoxy) is 1. The highest BCUT2D eigenvalue weighted by molar-refractivity contribution is 6.17. The molecule has 4 nitrogen and oxygen atoms in total. The number of nitrogens with zero attached hydrogens (tertiary/aromatic N) is 3. The lowest BCUT2D eigenvalue weighted by molar-refractivity contribution is 0.294. The maximum Gasteiger partial charge on any atom is 0.142 e. The summed E-state index contributed by atoms with van der Waals surface area (Å²) in [5.74, 6) is 1.10. The van der Waals surface area contributed by atoms with Crippen LogP contribution in [0.4, 0.5) is 0 Å². The van der Waals surface area contributed by atoms with Crippen molar-refractivity contribution in [1.29, 1.82) is 0 Å². The van der Waals surface area contributed by atoms with Crippen molar-refractivity contribution in [1.82, 2.24) is 14.8 Å². The zero-order valence-electron chi connectivity index (χ0n) is 12.3. The molecule has 112 valence electrons. The van der Waals surface area contributed by atoms with Crippen molar-refractivity contribution in [2.45, 2.75) is 51.1 Å². The largest absolute Gasteiger partial charge is 0.485 e. The SMILES string of the molecule is Cc1ccc(OCc2ccn(C3CCCC3)n2)c(CCl)n1. The first-order chi connectivity index (χ1) is 10.3. The van der Waals surface area contributed by atoms with Crippen LogP contribution < -0.4 is 4.74 Å². The molecule has 1 aliphatic rings. The Kier molecular flexibility index (Phi) is 4.44. The number of halogens is 1. The van der Waals surface area contributed by atoms with E-state index in [1.807, 2.05) is 25.1 Å². The molecule has 21 heavy (non-hydrogen) atoms. The molecule has 0 spiro atoms. The van der Waals surface area contributed by atoms with Crippen molar-refractivity contribution in [2.24, 2.45) is 0 Å². The fraction of sp³-hybridized carbons (Fsp3) is 0.500. The van der Waals surface area contributed by atoms with Crippen LogP contribution in [-0.4, -0.2) is 14.8 Å². The summed E-state index contributed by atoms with van der Waals surface area (Å²) < 4.78 is 7.91. The lowest BCUT2D eigenvalue weighted by Crippen LogP contribution is -2.07. The van der Waals surface area contributed by atoms with E-state index < -0.39 is 0 Å². The third-order valence-corrected chi connectivity index (χ3v) is 4.19. The first-order valence-corrected chi connectivity index (χ1v) is 7.99. The van der Waals surface area contributed by atoms with Gasteiger partial charge in [0.25, 0.3) is 0 Å². The number of pyridine rings is 1. The van der Waals surface area contributed by atoms with Crippen LogP contribution in [-0.2, 0) is 12.5 Å². The van der Waals surface area contributed by atoms with E-state index in [2.05, 4.69) is 21.0 Å². The molecule has 5 heteroatoms. The summed E-state index contributed by atoms with van der Waals surface area (Å²) in [4.78, 5) is 4.39. The highest BCUT2D eigenvalue weighted by Crippen LogP contribution is 2.28. The van der Waals surface area contributed by atoms with E-state index in [0.717, 1.165) is 22.8 Å². The van der Waals surface area contributed by atoms with Gasteiger partial charge in [-0.25, -0.2) is 0 Å². The molecule has 0 radical (unpaired) electrons. The van der Waals surface area contributed by atoms with Gasteiger partial charge in [-0.3, -0.25) is 9.67 Å². The van der Waals surface area contributed by atoms with Gasteiger partial charge in [0, 0.05) is 11.9 Å². The minimum atomic E-state index is 0.355. The lowest BCUT2D eigenvalue weighted by Gasteiger charge is -2.10. The Bertz CT molecular complexity index is 605. The van der Waals surface area contributed by atoms with Gasteiger partial charge < -0.3 is 4.74 Å². The zero-order valence-corrected chi connectivity index (χ0v) is 13.0. The molecule has 3 rings (SSSR count). The fourth-order valence-corrected chi connectivity index (χ4v) is 2.99. The van der Waals surface area contributed by atoms with Crippen molar-refractivity contribution >= 4 is 11.6 Å². The van der Waals surface area contributed by atoms with Gasteiger partial charge in [-0.1, -0.05) is 12.8 Å². The average Bonchev–Trinajstić information content (AvgIpc) is 3.16. The van der Waals surface area contributed by atoms with E-state index >= 15 is 0 Å². The normalized spacial score (nSPS) is 15.5. The first kappa shape index (κ1) is 14.4. The number of hydrogen-bond acceptors (Lipinski definition) is 3. The first-order valence-electron chi connectivity index (χ1n) is 7.45. The molecule has 1 aliphatic carbocycles. The third-order valence-electron chi connectivity index (χ3n) is 3.94. The van der Waals surface area contributed by atoms with Crippen LogP contribution in [0.15, 0.2) is 24.4 Å². The molecular weight excluding hydrogens is 286 g/mol. The monoisotopic (exact) mass is 305 g/mol. The Hall–Kier alpha value is -1.55. The van der Waals surface area contributed by atoms with Crippen LogP contribution in [0, 0.1) is 6.92 Å². The molecule has 0 aliphatic heterocycles. The Balaban J connectivity index is 1.65. The summed E-state index contributed by atoms with van der Waals surface area (Å²) in [6.07, 6.45) is 7.15. The van der Waals surface area contributed by atoms with Gasteiger partial charge in [-0.05, 0) is 38.0 Å². The second-order valence-electron chi connectivity index (χ2n) is 5.55. The van der Waals surface area contributed by atoms with Crippen LogP contribution in [0.5, 0.6) is 5.75 Å². The van der Waals surface area contributed by atoms with Crippen molar-refractivity contribution in [2.75, 3.05) is 0 Å². The van der Waals surface area contributed by atoms with E-state index in [-0.39, 0.29) is 0 Å². The minimum Gasteiger partial charge on any atom is -0.485 e. The van der Waals surface area contributed by atoms with Crippen molar-refractivity contribution < 1.29 is 4.74 Å². The third kappa shape index (κ3) is 3.38. The van der Waals surface area contributed by atoms with E-state index in [0.29, 0.717) is 18.5 Å². The molecule has 0 N–H and O–H groups in total. The molecule has 0 bridgehead atoms. The van der Waals surface area contributed by atoms with Crippen LogP contribution in [0.3, 0.4) is 0 Å². The predicted octanol–water partition coefficient (Wildman–Crippen LogP) is 4.02. The smallest absolute Gasteiger partial charge is 0.142 e. The van der Waals surface area contributed by atoms with Gasteiger partial charge in [0.05, 0.1) is 23.3 Å². The highest BCUT2D eigenvalue weighted by atomic mass is 35.5. The topological polar surface area (TPSA) is 39.9 Å². The zero-order chi connectivity index (χ0) is 14.7. The van der Waals surface area contributed by atoms with E-state index in [1.165, 1.54) is 25.7 Å². The summed E-state index contributed by atoms with van der Waals surface area (Å²) in [7, 11) is 0. The van der Waals surface area contributed by atoms with E-state index in [4.69, 9.17) is 16.3 Å². The molecule has 2 aromatic heterocycles. The average molecular weight is 306 g/mol. The van der Waals surface area contributed by atoms with Gasteiger partial charge in [-0.2, -0.15) is 5.10 Å². The van der Waals surface area contributed by atoms with Crippen LogP contribution >= 0.6 is 11.6 Å². The molecule has 0 atom stereocenters. The number of aryl methyl sites for hydroxylation is 1. The van der Waals surface area contributed by atoms with Gasteiger partial charge in [-0.15, -0.1) is 11.6 Å². The van der Waals surface area contributed by atoms with Crippen molar-refractivity contribution in [3.05, 3.63) is 41.5 Å². The molecule has 2 aromatic rings. The Morgan fingerprint density at radius 3 is 2.86 bits per heavy atom. The summed E-state index contributed by atoms with van der Waals surface area (Å²) in [6, 6.07) is 6.45. The fourth-order valence-electron chi connectivity index (χ4n) is 2.80. The van der Waals surface area contributed by atoms with Crippen molar-refractivity contribution in [3.8, 4) is 5.75 Å². The standard InChI is InChI=1S/C16H20ClN3O/c1-12-6-7-16(15(10-17)18-12)21-11-13-8-9-20(19-13)14-4-2-3-5-14/h6-9,14H,2-5,10-11H2,1H3. The number of hydrogen-bond donors (Lipinski definition) is 0. The predicted molar refractivity (Wildman–Crippen MR) is 82.6 cm³/mol. The summed E-state index contributed by atoms with van der Waals surface area (Å²) in [5, 5.41) is 4.62. The molecule has 0 unspecified atom stereocenters. The second-order valence-corrected chi connectivity index (χ2v) is 5.81. The molecular formula is C16H20ClN3O. The van der Waals surface area contributed by atoms with E-state index in [9.17, 15) is 0 Å². The lowest BCUT2D eigenvalue weighted by atomic mass is 10.3. The highest BCUT2D eigenvalue weighted by Gasteiger charge is 2.17. The number of rotatable bonds is 5. The Labute approximate surface area is 130 Å². The minimum absolute atomic E-state index is 0.355. The maximum absolute atomic E-state index is 5.91. The van der Waals surface area contributed by atoms with Crippen LogP contribution in [0.1, 0.15) is 48.8 Å². The second kappa shape index (κ2) is 6.48. The van der Waals surface area contributed by atoms with Gasteiger partial charge >= 0.3 is 0 Å². The summed E-state index contributed by atoms with van der Waals surface area (Å²) in [6.45, 7) is 2.40. The molecule has 0 saturated heterocycles. The van der Waals surface area contributed by atoms with Gasteiger partial charge in [0.15, 0.2) is 0 Å². The van der Waals surface area contributed by atoms with Gasteiger partial charge in [0.1, 0.15) is 12.4 Å². The molecule has 0 aromatic carbocycles. The van der Waals surface area contributed by atoms with E-state index in [1.54, 1.807) is 0 Å². The van der Waals surface area contributed by atoms with Crippen LogP contribution in [0.2, 0.25) is 0 Å². The quantitative estimate of drug-likeness (QED) is 0.783. The summed E-state index contributed by atoms with van der Waals surface area (Å²) >= 11 is 5.91. The molecule has 2 heterocycles. The van der Waals surface area contributed by atoms with Crippen LogP contribution in [0.25, 0.3) is 0 Å². The van der Waals surface area contributed by atoms with Gasteiger partial charge in [0.2, 0.25) is 0 Å². The maximum atomic E-state index is 5.91. The Morgan fingerprint density at radius 2 is 2.10 bits per heavy atom.